The summed E-state index contributed by atoms with van der Waals surface area (Å²) in [5.41, 5.74) is 1.06. The zero-order chi connectivity index (χ0) is 16.1. The standard InChI is InChI=1S/C18H27N5O/c24-17(16-11-23(21-20-16)15-1-2-15)19-14-9-22(10-14)12-18-6-3-13(4-7-18)5-8-18/h11,13-15H,1-10,12H2,(H,19,24). The lowest BCUT2D eigenvalue weighted by Gasteiger charge is -2.51. The van der Waals surface area contributed by atoms with Crippen LogP contribution in [0, 0.1) is 11.3 Å². The molecule has 6 nitrogen and oxygen atoms in total. The highest BCUT2D eigenvalue weighted by atomic mass is 16.2. The number of hydrogen-bond donors (Lipinski definition) is 1. The molecule has 1 saturated heterocycles. The van der Waals surface area contributed by atoms with Gasteiger partial charge in [0.2, 0.25) is 0 Å². The number of amides is 1. The molecule has 6 rings (SSSR count). The van der Waals surface area contributed by atoms with E-state index in [1.54, 1.807) is 6.20 Å². The molecule has 1 aliphatic heterocycles. The number of aromatic nitrogens is 3. The lowest BCUT2D eigenvalue weighted by atomic mass is 9.60. The first kappa shape index (κ1) is 14.9. The Morgan fingerprint density at radius 2 is 1.88 bits per heavy atom. The Bertz CT molecular complexity index is 609. The van der Waals surface area contributed by atoms with Crippen molar-refractivity contribution in [2.24, 2.45) is 11.3 Å². The second kappa shape index (κ2) is 5.55. The van der Waals surface area contributed by atoms with Crippen LogP contribution in [0.5, 0.6) is 0 Å². The maximum Gasteiger partial charge on any atom is 0.273 e. The molecule has 24 heavy (non-hydrogen) atoms. The molecule has 2 heterocycles. The van der Waals surface area contributed by atoms with E-state index in [0.717, 1.165) is 31.8 Å². The first-order valence-electron chi connectivity index (χ1n) is 9.64. The molecule has 5 fully saturated rings. The monoisotopic (exact) mass is 329 g/mol. The summed E-state index contributed by atoms with van der Waals surface area (Å²) in [5, 5.41) is 11.2. The lowest BCUT2D eigenvalue weighted by Crippen LogP contribution is -2.61. The summed E-state index contributed by atoms with van der Waals surface area (Å²) in [5.74, 6) is 0.960. The van der Waals surface area contributed by atoms with Gasteiger partial charge in [-0.3, -0.25) is 9.69 Å². The van der Waals surface area contributed by atoms with Crippen molar-refractivity contribution in [3.8, 4) is 0 Å². The van der Waals surface area contributed by atoms with Crippen LogP contribution in [0.4, 0.5) is 0 Å². The largest absolute Gasteiger partial charge is 0.345 e. The Hall–Kier alpha value is -1.43. The second-order valence-electron chi connectivity index (χ2n) is 8.66. The zero-order valence-electron chi connectivity index (χ0n) is 14.3. The number of rotatable bonds is 5. The smallest absolute Gasteiger partial charge is 0.273 e. The van der Waals surface area contributed by atoms with Crippen LogP contribution in [0.25, 0.3) is 0 Å². The molecular weight excluding hydrogens is 302 g/mol. The summed E-state index contributed by atoms with van der Waals surface area (Å²) in [7, 11) is 0. The molecule has 0 radical (unpaired) electrons. The van der Waals surface area contributed by atoms with E-state index >= 15 is 0 Å². The van der Waals surface area contributed by atoms with Crippen LogP contribution < -0.4 is 5.32 Å². The molecule has 1 amide bonds. The van der Waals surface area contributed by atoms with Gasteiger partial charge in [0.05, 0.1) is 18.3 Å². The molecule has 2 bridgehead atoms. The van der Waals surface area contributed by atoms with Crippen molar-refractivity contribution in [2.75, 3.05) is 19.6 Å². The fourth-order valence-corrected chi connectivity index (χ4v) is 5.00. The Labute approximate surface area is 143 Å². The van der Waals surface area contributed by atoms with Crippen LogP contribution in [-0.2, 0) is 0 Å². The first-order chi connectivity index (χ1) is 11.7. The van der Waals surface area contributed by atoms with Crippen LogP contribution >= 0.6 is 0 Å². The van der Waals surface area contributed by atoms with Gasteiger partial charge < -0.3 is 5.32 Å². The van der Waals surface area contributed by atoms with E-state index in [2.05, 4.69) is 20.5 Å². The molecule has 130 valence electrons. The number of nitrogens with zero attached hydrogens (tertiary/aromatic N) is 4. The average Bonchev–Trinajstić information content (AvgIpc) is 3.31. The van der Waals surface area contributed by atoms with E-state index in [-0.39, 0.29) is 11.9 Å². The van der Waals surface area contributed by atoms with Crippen LogP contribution in [-0.4, -0.2) is 51.5 Å². The van der Waals surface area contributed by atoms with Gasteiger partial charge in [0.25, 0.3) is 5.91 Å². The molecule has 1 N–H and O–H groups in total. The predicted molar refractivity (Wildman–Crippen MR) is 89.6 cm³/mol. The maximum absolute atomic E-state index is 12.3. The minimum Gasteiger partial charge on any atom is -0.345 e. The molecule has 0 atom stereocenters. The maximum atomic E-state index is 12.3. The molecule has 1 aromatic heterocycles. The quantitative estimate of drug-likeness (QED) is 0.897. The van der Waals surface area contributed by atoms with E-state index in [1.807, 2.05) is 4.68 Å². The highest BCUT2D eigenvalue weighted by molar-refractivity contribution is 5.92. The number of fused-ring (bicyclic) bond motifs is 3. The Morgan fingerprint density at radius 1 is 1.17 bits per heavy atom. The molecule has 4 saturated carbocycles. The minimum absolute atomic E-state index is 0.0668. The van der Waals surface area contributed by atoms with E-state index in [4.69, 9.17) is 0 Å². The summed E-state index contributed by atoms with van der Waals surface area (Å²) >= 11 is 0. The summed E-state index contributed by atoms with van der Waals surface area (Å²) in [6.45, 7) is 3.23. The lowest BCUT2D eigenvalue weighted by molar-refractivity contribution is -0.00315. The summed E-state index contributed by atoms with van der Waals surface area (Å²) in [4.78, 5) is 14.8. The van der Waals surface area contributed by atoms with Crippen molar-refractivity contribution in [1.29, 1.82) is 0 Å². The zero-order valence-corrected chi connectivity index (χ0v) is 14.3. The second-order valence-corrected chi connectivity index (χ2v) is 8.66. The van der Waals surface area contributed by atoms with Crippen molar-refractivity contribution in [1.82, 2.24) is 25.2 Å². The summed E-state index contributed by atoms with van der Waals surface area (Å²) in [6.07, 6.45) is 12.7. The molecule has 0 spiro atoms. The molecule has 0 aromatic carbocycles. The number of nitrogens with one attached hydrogen (secondary N) is 1. The van der Waals surface area contributed by atoms with Crippen LogP contribution in [0.2, 0.25) is 0 Å². The highest BCUT2D eigenvalue weighted by Gasteiger charge is 2.43. The minimum atomic E-state index is -0.0668. The van der Waals surface area contributed by atoms with Crippen molar-refractivity contribution < 1.29 is 4.79 Å². The van der Waals surface area contributed by atoms with Gasteiger partial charge in [-0.25, -0.2) is 4.68 Å². The SMILES string of the molecule is O=C(NC1CN(CC23CCC(CC2)CC3)C1)c1cn(C2CC2)nn1. The summed E-state index contributed by atoms with van der Waals surface area (Å²) in [6, 6.07) is 0.753. The number of carbonyl (C=O) groups is 1. The van der Waals surface area contributed by atoms with Gasteiger partial charge in [0, 0.05) is 19.6 Å². The third-order valence-corrected chi connectivity index (χ3v) is 6.76. The molecular formula is C18H27N5O. The third-order valence-electron chi connectivity index (χ3n) is 6.76. The highest BCUT2D eigenvalue weighted by Crippen LogP contribution is 2.50. The fraction of sp³-hybridized carbons (Fsp3) is 0.833. The molecule has 5 aliphatic rings. The van der Waals surface area contributed by atoms with Crippen molar-refractivity contribution in [3.05, 3.63) is 11.9 Å². The van der Waals surface area contributed by atoms with E-state index in [1.165, 1.54) is 45.1 Å². The van der Waals surface area contributed by atoms with Gasteiger partial charge in [0.1, 0.15) is 0 Å². The van der Waals surface area contributed by atoms with Gasteiger partial charge in [-0.2, -0.15) is 0 Å². The number of likely N-dealkylation sites (tertiary alicyclic amines) is 1. The van der Waals surface area contributed by atoms with E-state index < -0.39 is 0 Å². The number of carbonyl (C=O) groups excluding carboxylic acids is 1. The molecule has 6 heteroatoms. The fourth-order valence-electron chi connectivity index (χ4n) is 5.00. The number of hydrogen-bond acceptors (Lipinski definition) is 4. The first-order valence-corrected chi connectivity index (χ1v) is 9.64. The van der Waals surface area contributed by atoms with Gasteiger partial charge >= 0.3 is 0 Å². The Balaban J connectivity index is 1.10. The predicted octanol–water partition coefficient (Wildman–Crippen LogP) is 2.00. The van der Waals surface area contributed by atoms with Gasteiger partial charge in [0.15, 0.2) is 5.69 Å². The Kier molecular flexibility index (Phi) is 3.44. The van der Waals surface area contributed by atoms with Gasteiger partial charge in [-0.1, -0.05) is 5.21 Å². The molecule has 4 aliphatic carbocycles. The van der Waals surface area contributed by atoms with Gasteiger partial charge in [-0.05, 0) is 62.7 Å². The Morgan fingerprint density at radius 3 is 2.54 bits per heavy atom. The van der Waals surface area contributed by atoms with Gasteiger partial charge in [-0.15, -0.1) is 5.10 Å². The summed E-state index contributed by atoms with van der Waals surface area (Å²) < 4.78 is 1.83. The normalized spacial score (nSPS) is 33.4. The van der Waals surface area contributed by atoms with Crippen molar-refractivity contribution >= 4 is 5.91 Å². The van der Waals surface area contributed by atoms with E-state index in [0.29, 0.717) is 17.2 Å². The third kappa shape index (κ3) is 2.75. The molecule has 1 aromatic rings. The molecule has 0 unspecified atom stereocenters. The van der Waals surface area contributed by atoms with Crippen LogP contribution in [0.3, 0.4) is 0 Å². The van der Waals surface area contributed by atoms with Crippen LogP contribution in [0.15, 0.2) is 6.20 Å². The van der Waals surface area contributed by atoms with Crippen molar-refractivity contribution in [2.45, 2.75) is 63.5 Å². The van der Waals surface area contributed by atoms with E-state index in [9.17, 15) is 4.79 Å². The van der Waals surface area contributed by atoms with Crippen LogP contribution in [0.1, 0.15) is 67.9 Å². The van der Waals surface area contributed by atoms with Crippen molar-refractivity contribution in [3.63, 3.8) is 0 Å². The average molecular weight is 329 g/mol. The topological polar surface area (TPSA) is 63.1 Å².